The average molecular weight is 225 g/mol. The first kappa shape index (κ1) is 12.3. The van der Waals surface area contributed by atoms with Crippen LogP contribution in [-0.4, -0.2) is 29.9 Å². The third-order valence-corrected chi connectivity index (χ3v) is 1.85. The highest BCUT2D eigenvalue weighted by atomic mass is 16.7. The van der Waals surface area contributed by atoms with Gasteiger partial charge in [0, 0.05) is 0 Å². The van der Waals surface area contributed by atoms with Crippen molar-refractivity contribution >= 4 is 6.09 Å². The summed E-state index contributed by atoms with van der Waals surface area (Å²) in [6, 6.07) is 6.84. The lowest BCUT2D eigenvalue weighted by atomic mass is 10.2. The van der Waals surface area contributed by atoms with Crippen LogP contribution in [0.25, 0.3) is 0 Å². The van der Waals surface area contributed by atoms with E-state index in [1.54, 1.807) is 31.2 Å². The van der Waals surface area contributed by atoms with E-state index >= 15 is 0 Å². The lowest BCUT2D eigenvalue weighted by Gasteiger charge is -2.16. The lowest BCUT2D eigenvalue weighted by molar-refractivity contribution is -0.0263. The molecular weight excluding hydrogens is 210 g/mol. The van der Waals surface area contributed by atoms with Gasteiger partial charge in [-0.3, -0.25) is 0 Å². The second kappa shape index (κ2) is 5.97. The Labute approximate surface area is 94.2 Å². The van der Waals surface area contributed by atoms with E-state index in [9.17, 15) is 4.79 Å². The van der Waals surface area contributed by atoms with Crippen molar-refractivity contribution in [1.82, 2.24) is 5.06 Å². The van der Waals surface area contributed by atoms with E-state index in [1.165, 1.54) is 7.05 Å². The van der Waals surface area contributed by atoms with Crippen LogP contribution < -0.4 is 4.84 Å². The number of carbonyl (C=O) groups excluding carboxylic acids is 1. The molecule has 0 heterocycles. The fourth-order valence-electron chi connectivity index (χ4n) is 1.11. The second-order valence-corrected chi connectivity index (χ2v) is 3.09. The lowest BCUT2D eigenvalue weighted by Crippen LogP contribution is -2.30. The molecule has 0 atom stereocenters. The Morgan fingerprint density at radius 1 is 1.50 bits per heavy atom. The number of carbonyl (C=O) groups is 1. The molecule has 88 valence electrons. The van der Waals surface area contributed by atoms with Crippen LogP contribution in [0.4, 0.5) is 4.79 Å². The van der Waals surface area contributed by atoms with Gasteiger partial charge in [0.1, 0.15) is 0 Å². The smallest absolute Gasteiger partial charge is 0.442 e. The van der Waals surface area contributed by atoms with Gasteiger partial charge < -0.3 is 14.7 Å². The monoisotopic (exact) mass is 225 g/mol. The van der Waals surface area contributed by atoms with E-state index in [2.05, 4.69) is 0 Å². The summed E-state index contributed by atoms with van der Waals surface area (Å²) >= 11 is 0. The molecule has 0 aromatic heterocycles. The molecule has 0 fully saturated rings. The molecule has 0 aliphatic carbocycles. The maximum absolute atomic E-state index is 11.2. The van der Waals surface area contributed by atoms with E-state index in [0.717, 1.165) is 10.6 Å². The minimum absolute atomic E-state index is 0.0691. The number of aliphatic hydroxyl groups excluding tert-OH is 1. The van der Waals surface area contributed by atoms with Crippen molar-refractivity contribution < 1.29 is 19.5 Å². The van der Waals surface area contributed by atoms with E-state index in [4.69, 9.17) is 14.7 Å². The van der Waals surface area contributed by atoms with Crippen molar-refractivity contribution in [2.24, 2.45) is 0 Å². The molecule has 1 N–H and O–H groups in total. The van der Waals surface area contributed by atoms with Crippen molar-refractivity contribution in [3.05, 3.63) is 29.8 Å². The van der Waals surface area contributed by atoms with Gasteiger partial charge in [0.05, 0.1) is 20.3 Å². The molecule has 0 aliphatic rings. The third kappa shape index (κ3) is 3.43. The Morgan fingerprint density at radius 3 is 2.88 bits per heavy atom. The summed E-state index contributed by atoms with van der Waals surface area (Å²) in [6.07, 6.45) is -0.558. The summed E-state index contributed by atoms with van der Waals surface area (Å²) in [5, 5.41) is 9.93. The van der Waals surface area contributed by atoms with Gasteiger partial charge >= 0.3 is 6.09 Å². The number of ether oxygens (including phenoxy) is 1. The quantitative estimate of drug-likeness (QED) is 0.790. The molecule has 0 saturated heterocycles. The first-order chi connectivity index (χ1) is 7.67. The maximum Gasteiger partial charge on any atom is 0.442 e. The fraction of sp³-hybridized carbons (Fsp3) is 0.364. The molecule has 16 heavy (non-hydrogen) atoms. The number of benzene rings is 1. The molecule has 0 spiro atoms. The first-order valence-electron chi connectivity index (χ1n) is 4.95. The summed E-state index contributed by atoms with van der Waals surface area (Å²) in [7, 11) is 1.46. The maximum atomic E-state index is 11.2. The predicted molar refractivity (Wildman–Crippen MR) is 57.8 cm³/mol. The topological polar surface area (TPSA) is 59.0 Å². The van der Waals surface area contributed by atoms with Gasteiger partial charge in [0.2, 0.25) is 0 Å². The third-order valence-electron chi connectivity index (χ3n) is 1.85. The number of hydrogen-bond acceptors (Lipinski definition) is 4. The van der Waals surface area contributed by atoms with Crippen LogP contribution in [0.1, 0.15) is 12.5 Å². The number of amides is 1. The highest BCUT2D eigenvalue weighted by molar-refractivity contribution is 5.66. The van der Waals surface area contributed by atoms with Gasteiger partial charge in [0.15, 0.2) is 5.75 Å². The Hall–Kier alpha value is -1.75. The molecule has 1 rings (SSSR count). The number of hydroxylamine groups is 2. The van der Waals surface area contributed by atoms with Crippen molar-refractivity contribution in [3.63, 3.8) is 0 Å². The highest BCUT2D eigenvalue weighted by Crippen LogP contribution is 2.14. The number of rotatable bonds is 4. The zero-order valence-electron chi connectivity index (χ0n) is 9.34. The van der Waals surface area contributed by atoms with Gasteiger partial charge in [-0.15, -0.1) is 5.06 Å². The van der Waals surface area contributed by atoms with Crippen molar-refractivity contribution in [1.29, 1.82) is 0 Å². The van der Waals surface area contributed by atoms with E-state index in [0.29, 0.717) is 12.4 Å². The van der Waals surface area contributed by atoms with Crippen molar-refractivity contribution in [2.75, 3.05) is 13.7 Å². The first-order valence-corrected chi connectivity index (χ1v) is 4.95. The van der Waals surface area contributed by atoms with Crippen molar-refractivity contribution in [3.8, 4) is 5.75 Å². The Kier molecular flexibility index (Phi) is 4.60. The molecule has 0 saturated carbocycles. The molecule has 5 heteroatoms. The minimum atomic E-state index is -0.558. The summed E-state index contributed by atoms with van der Waals surface area (Å²) in [5.74, 6) is 0.474. The molecule has 0 radical (unpaired) electrons. The summed E-state index contributed by atoms with van der Waals surface area (Å²) in [4.78, 5) is 16.5. The van der Waals surface area contributed by atoms with E-state index in [1.807, 2.05) is 0 Å². The van der Waals surface area contributed by atoms with Crippen LogP contribution in [0.2, 0.25) is 0 Å². The molecular formula is C11H15NO4. The SMILES string of the molecule is CCOC(=O)N(C)Oc1cccc(CO)c1. The zero-order valence-corrected chi connectivity index (χ0v) is 9.34. The molecule has 0 unspecified atom stereocenters. The van der Waals surface area contributed by atoms with Crippen LogP contribution >= 0.6 is 0 Å². The standard InChI is InChI=1S/C11H15NO4/c1-3-15-11(14)12(2)16-10-6-4-5-9(7-10)8-13/h4-7,13H,3,8H2,1-2H3. The van der Waals surface area contributed by atoms with Crippen LogP contribution in [-0.2, 0) is 11.3 Å². The van der Waals surface area contributed by atoms with Crippen LogP contribution in [0.3, 0.4) is 0 Å². The van der Waals surface area contributed by atoms with Crippen LogP contribution in [0.15, 0.2) is 24.3 Å². The fourth-order valence-corrected chi connectivity index (χ4v) is 1.11. The molecule has 0 aliphatic heterocycles. The summed E-state index contributed by atoms with van der Waals surface area (Å²) in [6.45, 7) is 1.95. The zero-order chi connectivity index (χ0) is 12.0. The van der Waals surface area contributed by atoms with E-state index < -0.39 is 6.09 Å². The Morgan fingerprint density at radius 2 is 2.25 bits per heavy atom. The van der Waals surface area contributed by atoms with Gasteiger partial charge in [-0.05, 0) is 24.6 Å². The van der Waals surface area contributed by atoms with Gasteiger partial charge in [0.25, 0.3) is 0 Å². The molecule has 1 aromatic rings. The average Bonchev–Trinajstić information content (AvgIpc) is 2.29. The highest BCUT2D eigenvalue weighted by Gasteiger charge is 2.10. The molecule has 1 amide bonds. The van der Waals surface area contributed by atoms with Crippen LogP contribution in [0, 0.1) is 0 Å². The normalized spacial score (nSPS) is 9.69. The Bertz CT molecular complexity index is 354. The Balaban J connectivity index is 2.61. The van der Waals surface area contributed by atoms with Gasteiger partial charge in [-0.1, -0.05) is 12.1 Å². The largest absolute Gasteiger partial charge is 0.448 e. The van der Waals surface area contributed by atoms with Gasteiger partial charge in [-0.2, -0.15) is 0 Å². The van der Waals surface area contributed by atoms with Gasteiger partial charge in [-0.25, -0.2) is 4.79 Å². The van der Waals surface area contributed by atoms with E-state index in [-0.39, 0.29) is 6.61 Å². The number of nitrogens with zero attached hydrogens (tertiary/aromatic N) is 1. The summed E-state index contributed by atoms with van der Waals surface area (Å²) in [5.41, 5.74) is 0.717. The minimum Gasteiger partial charge on any atom is -0.448 e. The number of aliphatic hydroxyl groups is 1. The van der Waals surface area contributed by atoms with Crippen LogP contribution in [0.5, 0.6) is 5.75 Å². The molecule has 5 nitrogen and oxygen atoms in total. The summed E-state index contributed by atoms with van der Waals surface area (Å²) < 4.78 is 4.75. The predicted octanol–water partition coefficient (Wildman–Crippen LogP) is 1.56. The molecule has 1 aromatic carbocycles. The number of hydrogen-bond donors (Lipinski definition) is 1. The van der Waals surface area contributed by atoms with Crippen molar-refractivity contribution in [2.45, 2.75) is 13.5 Å². The molecule has 0 bridgehead atoms. The second-order valence-electron chi connectivity index (χ2n) is 3.09.